The Morgan fingerprint density at radius 2 is 1.69 bits per heavy atom. The summed E-state index contributed by atoms with van der Waals surface area (Å²) in [6, 6.07) is 6.83. The molecule has 0 aromatic heterocycles. The summed E-state index contributed by atoms with van der Waals surface area (Å²) in [4.78, 5) is 0. The van der Waals surface area contributed by atoms with Crippen LogP contribution in [0.3, 0.4) is 0 Å². The number of benzene rings is 1. The average Bonchev–Trinajstić information content (AvgIpc) is 2.17. The minimum absolute atomic E-state index is 0.639. The maximum atomic E-state index is 2.35. The van der Waals surface area contributed by atoms with Crippen LogP contribution in [-0.4, -0.2) is 0 Å². The minimum atomic E-state index is 0.639. The van der Waals surface area contributed by atoms with Gasteiger partial charge in [0, 0.05) is 0 Å². The van der Waals surface area contributed by atoms with Crippen molar-refractivity contribution < 1.29 is 0 Å². The second kappa shape index (κ2) is 3.37. The number of hydrogen-bond acceptors (Lipinski definition) is 0. The molecule has 0 N–H and O–H groups in total. The van der Waals surface area contributed by atoms with E-state index in [1.807, 2.05) is 0 Å². The van der Waals surface area contributed by atoms with Gasteiger partial charge < -0.3 is 0 Å². The molecular weight excluding hydrogens is 156 g/mol. The summed E-state index contributed by atoms with van der Waals surface area (Å²) in [6.45, 7) is 4.49. The molecule has 1 aliphatic rings. The van der Waals surface area contributed by atoms with Crippen molar-refractivity contribution in [2.24, 2.45) is 0 Å². The molecule has 1 aromatic carbocycles. The monoisotopic (exact) mass is 172 g/mol. The molecule has 0 amide bonds. The van der Waals surface area contributed by atoms with Crippen molar-refractivity contribution in [1.29, 1.82) is 0 Å². The maximum Gasteiger partial charge on any atom is -0.0219 e. The molecule has 0 nitrogen and oxygen atoms in total. The summed E-state index contributed by atoms with van der Waals surface area (Å²) >= 11 is 0. The van der Waals surface area contributed by atoms with Crippen LogP contribution in [0.1, 0.15) is 38.2 Å². The third-order valence-electron chi connectivity index (χ3n) is 2.67. The van der Waals surface area contributed by atoms with Crippen molar-refractivity contribution in [2.45, 2.75) is 32.6 Å². The van der Waals surface area contributed by atoms with E-state index in [2.05, 4.69) is 44.2 Å². The molecule has 1 aromatic rings. The van der Waals surface area contributed by atoms with E-state index < -0.39 is 0 Å². The first-order valence-electron chi connectivity index (χ1n) is 5.08. The molecule has 0 atom stereocenters. The summed E-state index contributed by atoms with van der Waals surface area (Å²) in [6.07, 6.45) is 7.09. The van der Waals surface area contributed by atoms with E-state index >= 15 is 0 Å². The van der Waals surface area contributed by atoms with Crippen molar-refractivity contribution >= 4 is 12.2 Å². The van der Waals surface area contributed by atoms with Crippen molar-refractivity contribution in [2.75, 3.05) is 0 Å². The smallest absolute Gasteiger partial charge is 0.0219 e. The molecule has 13 heavy (non-hydrogen) atoms. The Bertz CT molecular complexity index is 410. The van der Waals surface area contributed by atoms with Crippen molar-refractivity contribution in [3.8, 4) is 0 Å². The molecule has 0 unspecified atom stereocenters. The summed E-state index contributed by atoms with van der Waals surface area (Å²) in [7, 11) is 0. The standard InChI is InChI=1S/C13H16/c1-10(2)12-8-7-11-5-3-4-6-13(11)9-12/h5-10H,3-4H2,1-2H3. The Balaban J connectivity index is 2.60. The van der Waals surface area contributed by atoms with Crippen LogP contribution in [0.2, 0.25) is 0 Å². The molecule has 0 heterocycles. The zero-order valence-corrected chi connectivity index (χ0v) is 8.38. The van der Waals surface area contributed by atoms with Crippen LogP contribution in [0.15, 0.2) is 18.2 Å². The highest BCUT2D eigenvalue weighted by molar-refractivity contribution is 5.39. The Labute approximate surface area is 79.6 Å². The van der Waals surface area contributed by atoms with Gasteiger partial charge in [-0.2, -0.15) is 0 Å². The fourth-order valence-electron chi connectivity index (χ4n) is 1.79. The second-order valence-electron chi connectivity index (χ2n) is 4.03. The van der Waals surface area contributed by atoms with Crippen LogP contribution in [0.5, 0.6) is 0 Å². The quantitative estimate of drug-likeness (QED) is 0.609. The predicted octanol–water partition coefficient (Wildman–Crippen LogP) is 2.16. The van der Waals surface area contributed by atoms with Crippen molar-refractivity contribution in [3.63, 3.8) is 0 Å². The minimum Gasteiger partial charge on any atom is -0.0764 e. The fourth-order valence-corrected chi connectivity index (χ4v) is 1.79. The first-order valence-corrected chi connectivity index (χ1v) is 5.08. The van der Waals surface area contributed by atoms with E-state index in [0.717, 1.165) is 0 Å². The molecular formula is C13H16. The van der Waals surface area contributed by atoms with Crippen LogP contribution in [0, 0.1) is 0 Å². The highest BCUT2D eigenvalue weighted by Gasteiger charge is 1.99. The zero-order valence-electron chi connectivity index (χ0n) is 8.38. The Morgan fingerprint density at radius 3 is 2.38 bits per heavy atom. The van der Waals surface area contributed by atoms with Crippen LogP contribution < -0.4 is 10.4 Å². The highest BCUT2D eigenvalue weighted by atomic mass is 14.0. The molecule has 0 saturated carbocycles. The molecule has 2 rings (SSSR count). The van der Waals surface area contributed by atoms with E-state index in [1.165, 1.54) is 28.8 Å². The van der Waals surface area contributed by atoms with Crippen LogP contribution in [0.4, 0.5) is 0 Å². The van der Waals surface area contributed by atoms with Gasteiger partial charge in [0.1, 0.15) is 0 Å². The van der Waals surface area contributed by atoms with Gasteiger partial charge in [-0.1, -0.05) is 44.2 Å². The van der Waals surface area contributed by atoms with Crippen LogP contribution >= 0.6 is 0 Å². The van der Waals surface area contributed by atoms with E-state index in [0.29, 0.717) is 5.92 Å². The van der Waals surface area contributed by atoms with E-state index in [-0.39, 0.29) is 0 Å². The van der Waals surface area contributed by atoms with E-state index in [1.54, 1.807) is 0 Å². The Kier molecular flexibility index (Phi) is 2.22. The molecule has 0 spiro atoms. The molecule has 0 bridgehead atoms. The average molecular weight is 172 g/mol. The Morgan fingerprint density at radius 1 is 1.00 bits per heavy atom. The van der Waals surface area contributed by atoms with E-state index in [4.69, 9.17) is 0 Å². The third kappa shape index (κ3) is 1.67. The topological polar surface area (TPSA) is 0 Å². The second-order valence-corrected chi connectivity index (χ2v) is 4.03. The van der Waals surface area contributed by atoms with Crippen molar-refractivity contribution in [3.05, 3.63) is 34.2 Å². The lowest BCUT2D eigenvalue weighted by molar-refractivity contribution is 0.864. The van der Waals surface area contributed by atoms with Gasteiger partial charge in [0.05, 0.1) is 0 Å². The molecule has 0 radical (unpaired) electrons. The number of fused-ring (bicyclic) bond motifs is 1. The lowest BCUT2D eigenvalue weighted by Gasteiger charge is -2.06. The lowest BCUT2D eigenvalue weighted by atomic mass is 9.99. The lowest BCUT2D eigenvalue weighted by Crippen LogP contribution is -2.26. The number of rotatable bonds is 1. The number of hydrogen-bond donors (Lipinski definition) is 0. The molecule has 68 valence electrons. The summed E-state index contributed by atoms with van der Waals surface area (Å²) in [5, 5.41) is 2.84. The van der Waals surface area contributed by atoms with Gasteiger partial charge in [-0.15, -0.1) is 0 Å². The fraction of sp³-hybridized carbons (Fsp3) is 0.385. The van der Waals surface area contributed by atoms with Crippen molar-refractivity contribution in [1.82, 2.24) is 0 Å². The summed E-state index contributed by atoms with van der Waals surface area (Å²) < 4.78 is 0. The maximum absolute atomic E-state index is 2.35. The van der Waals surface area contributed by atoms with Gasteiger partial charge in [-0.05, 0) is 34.8 Å². The first kappa shape index (κ1) is 8.55. The molecule has 0 aliphatic heterocycles. The molecule has 0 heteroatoms. The van der Waals surface area contributed by atoms with Gasteiger partial charge in [0.15, 0.2) is 0 Å². The Hall–Kier alpha value is -1.04. The van der Waals surface area contributed by atoms with Gasteiger partial charge in [-0.3, -0.25) is 0 Å². The normalized spacial score (nSPS) is 14.7. The van der Waals surface area contributed by atoms with E-state index in [9.17, 15) is 0 Å². The van der Waals surface area contributed by atoms with Crippen LogP contribution in [0.25, 0.3) is 12.2 Å². The zero-order chi connectivity index (χ0) is 9.26. The van der Waals surface area contributed by atoms with Crippen LogP contribution in [-0.2, 0) is 0 Å². The van der Waals surface area contributed by atoms with Gasteiger partial charge in [-0.25, -0.2) is 0 Å². The van der Waals surface area contributed by atoms with Gasteiger partial charge in [0.25, 0.3) is 0 Å². The van der Waals surface area contributed by atoms with Gasteiger partial charge >= 0.3 is 0 Å². The molecule has 0 saturated heterocycles. The molecule has 1 aliphatic carbocycles. The third-order valence-corrected chi connectivity index (χ3v) is 2.67. The highest BCUT2D eigenvalue weighted by Crippen LogP contribution is 2.10. The summed E-state index contributed by atoms with van der Waals surface area (Å²) in [5.74, 6) is 0.639. The molecule has 0 fully saturated rings. The summed E-state index contributed by atoms with van der Waals surface area (Å²) in [5.41, 5.74) is 1.45. The predicted molar refractivity (Wildman–Crippen MR) is 57.9 cm³/mol. The largest absolute Gasteiger partial charge is 0.0764 e. The van der Waals surface area contributed by atoms with Gasteiger partial charge in [0.2, 0.25) is 0 Å². The first-order chi connectivity index (χ1) is 6.27. The SMILES string of the molecule is CC(C)c1ccc2c(c1)=CCCC=2.